The fraction of sp³-hybridized carbons (Fsp3) is 0.519. The van der Waals surface area contributed by atoms with E-state index in [2.05, 4.69) is 5.32 Å². The lowest BCUT2D eigenvalue weighted by atomic mass is 9.69. The van der Waals surface area contributed by atoms with Gasteiger partial charge in [0.05, 0.1) is 37.9 Å². The lowest BCUT2D eigenvalue weighted by molar-refractivity contribution is -0.151. The molecule has 8 nitrogen and oxygen atoms in total. The van der Waals surface area contributed by atoms with Crippen LogP contribution in [0.25, 0.3) is 0 Å². The molecule has 1 heterocycles. The average molecular weight is 486 g/mol. The van der Waals surface area contributed by atoms with Crippen molar-refractivity contribution < 1.29 is 33.3 Å². The minimum atomic E-state index is -0.947. The summed E-state index contributed by atoms with van der Waals surface area (Å²) in [7, 11) is 1.28. The topological polar surface area (TPSA) is 100 Å². The molecule has 0 amide bonds. The van der Waals surface area contributed by atoms with Gasteiger partial charge in [-0.15, -0.1) is 0 Å². The van der Waals surface area contributed by atoms with Crippen molar-refractivity contribution in [2.45, 2.75) is 53.1 Å². The maximum atomic E-state index is 13.8. The Kier molecular flexibility index (Phi) is 8.72. The van der Waals surface area contributed by atoms with Crippen molar-refractivity contribution in [2.24, 2.45) is 11.8 Å². The molecular formula is C27H35NO7. The highest BCUT2D eigenvalue weighted by Gasteiger charge is 2.47. The molecule has 0 unspecified atom stereocenters. The average Bonchev–Trinajstić information content (AvgIpc) is 2.81. The van der Waals surface area contributed by atoms with E-state index >= 15 is 0 Å². The Balaban J connectivity index is 2.09. The predicted octanol–water partition coefficient (Wildman–Crippen LogP) is 3.67. The quantitative estimate of drug-likeness (QED) is 0.321. The van der Waals surface area contributed by atoms with Crippen molar-refractivity contribution in [1.82, 2.24) is 5.32 Å². The molecule has 3 atom stereocenters. The summed E-state index contributed by atoms with van der Waals surface area (Å²) in [6, 6.07) is 7.32. The molecule has 0 saturated heterocycles. The van der Waals surface area contributed by atoms with Gasteiger partial charge in [-0.25, -0.2) is 4.79 Å². The van der Waals surface area contributed by atoms with E-state index in [1.54, 1.807) is 6.92 Å². The van der Waals surface area contributed by atoms with E-state index in [9.17, 15) is 14.4 Å². The van der Waals surface area contributed by atoms with Crippen molar-refractivity contribution in [3.8, 4) is 5.75 Å². The molecule has 35 heavy (non-hydrogen) atoms. The highest BCUT2D eigenvalue weighted by atomic mass is 16.6. The molecule has 1 aliphatic carbocycles. The number of ketones is 1. The highest BCUT2D eigenvalue weighted by Crippen LogP contribution is 2.47. The molecule has 0 radical (unpaired) electrons. The van der Waals surface area contributed by atoms with Gasteiger partial charge in [0.25, 0.3) is 0 Å². The number of Topliss-reactive ketones (excluding diaryl/α,β-unsaturated/α-hetero) is 1. The van der Waals surface area contributed by atoms with Crippen LogP contribution in [0, 0.1) is 11.8 Å². The number of hydrogen-bond donors (Lipinski definition) is 1. The van der Waals surface area contributed by atoms with Crippen LogP contribution in [-0.2, 0) is 28.6 Å². The zero-order valence-corrected chi connectivity index (χ0v) is 21.3. The second kappa shape index (κ2) is 11.5. The maximum Gasteiger partial charge on any atom is 0.336 e. The van der Waals surface area contributed by atoms with E-state index in [0.29, 0.717) is 46.9 Å². The molecule has 0 fully saturated rings. The first-order valence-electron chi connectivity index (χ1n) is 12.0. The molecule has 0 aromatic heterocycles. The van der Waals surface area contributed by atoms with E-state index < -0.39 is 23.8 Å². The molecule has 1 N–H and O–H groups in total. The Morgan fingerprint density at radius 1 is 1.17 bits per heavy atom. The summed E-state index contributed by atoms with van der Waals surface area (Å²) in [4.78, 5) is 39.7. The molecular weight excluding hydrogens is 450 g/mol. The number of para-hydroxylation sites is 1. The largest absolute Gasteiger partial charge is 0.494 e. The van der Waals surface area contributed by atoms with Crippen LogP contribution in [0.5, 0.6) is 5.75 Å². The first-order valence-corrected chi connectivity index (χ1v) is 12.0. The standard InChI is InChI=1S/C27H35NO7/c1-7-33-20-11-9-8-10-18(20)23-22(27(31)35-13-12-34-15(2)3)17(5)28-19-14-16(4)21(26(30)32-6)25(29)24(19)23/h8-11,15-16,21,23,28H,7,12-14H2,1-6H3/t16-,21-,23-/m1/s1. The van der Waals surface area contributed by atoms with Gasteiger partial charge >= 0.3 is 11.9 Å². The van der Waals surface area contributed by atoms with Gasteiger partial charge in [-0.1, -0.05) is 25.1 Å². The highest BCUT2D eigenvalue weighted by molar-refractivity contribution is 6.12. The number of esters is 2. The van der Waals surface area contributed by atoms with Crippen LogP contribution in [-0.4, -0.2) is 50.8 Å². The van der Waals surface area contributed by atoms with Gasteiger partial charge in [0.2, 0.25) is 0 Å². The van der Waals surface area contributed by atoms with Gasteiger partial charge < -0.3 is 24.3 Å². The van der Waals surface area contributed by atoms with Crippen LogP contribution in [0.4, 0.5) is 0 Å². The normalized spacial score (nSPS) is 22.0. The van der Waals surface area contributed by atoms with Crippen LogP contribution < -0.4 is 10.1 Å². The van der Waals surface area contributed by atoms with Gasteiger partial charge in [0.1, 0.15) is 18.3 Å². The van der Waals surface area contributed by atoms with Crippen LogP contribution in [0.3, 0.4) is 0 Å². The molecule has 1 aliphatic heterocycles. The van der Waals surface area contributed by atoms with Crippen molar-refractivity contribution in [3.63, 3.8) is 0 Å². The third kappa shape index (κ3) is 5.59. The Labute approximate surface area is 206 Å². The molecule has 1 aromatic rings. The molecule has 0 spiro atoms. The van der Waals surface area contributed by atoms with Gasteiger partial charge in [-0.05, 0) is 46.1 Å². The predicted molar refractivity (Wildman–Crippen MR) is 130 cm³/mol. The number of ether oxygens (including phenoxy) is 4. The van der Waals surface area contributed by atoms with Crippen LogP contribution >= 0.6 is 0 Å². The van der Waals surface area contributed by atoms with Crippen molar-refractivity contribution in [3.05, 3.63) is 52.4 Å². The third-order valence-electron chi connectivity index (χ3n) is 6.26. The lowest BCUT2D eigenvalue weighted by Gasteiger charge is -2.38. The smallest absolute Gasteiger partial charge is 0.336 e. The summed E-state index contributed by atoms with van der Waals surface area (Å²) in [5, 5.41) is 3.26. The second-order valence-electron chi connectivity index (χ2n) is 9.06. The number of hydrogen-bond acceptors (Lipinski definition) is 8. The summed E-state index contributed by atoms with van der Waals surface area (Å²) in [5.41, 5.74) is 2.66. The second-order valence-corrected chi connectivity index (χ2v) is 9.06. The Hall–Kier alpha value is -3.13. The molecule has 1 aromatic carbocycles. The maximum absolute atomic E-state index is 13.8. The number of allylic oxidation sites excluding steroid dienone is 3. The van der Waals surface area contributed by atoms with E-state index in [0.717, 1.165) is 0 Å². The number of nitrogens with one attached hydrogen (secondary N) is 1. The van der Waals surface area contributed by atoms with Gasteiger partial charge in [0, 0.05) is 22.5 Å². The molecule has 0 bridgehead atoms. The number of dihydropyridines is 1. The zero-order valence-electron chi connectivity index (χ0n) is 21.3. The summed E-state index contributed by atoms with van der Waals surface area (Å²) < 4.78 is 21.9. The van der Waals surface area contributed by atoms with Gasteiger partial charge in [-0.2, -0.15) is 0 Å². The summed E-state index contributed by atoms with van der Waals surface area (Å²) >= 11 is 0. The summed E-state index contributed by atoms with van der Waals surface area (Å²) in [6.45, 7) is 10.1. The Morgan fingerprint density at radius 2 is 1.89 bits per heavy atom. The molecule has 0 saturated carbocycles. The van der Waals surface area contributed by atoms with Crippen LogP contribution in [0.15, 0.2) is 46.8 Å². The van der Waals surface area contributed by atoms with Crippen LogP contribution in [0.1, 0.15) is 52.5 Å². The third-order valence-corrected chi connectivity index (χ3v) is 6.26. The zero-order chi connectivity index (χ0) is 25.7. The number of carbonyl (C=O) groups excluding carboxylic acids is 3. The monoisotopic (exact) mass is 485 g/mol. The first kappa shape index (κ1) is 26.5. The van der Waals surface area contributed by atoms with Gasteiger partial charge in [-0.3, -0.25) is 9.59 Å². The first-order chi connectivity index (χ1) is 16.7. The van der Waals surface area contributed by atoms with E-state index in [-0.39, 0.29) is 31.0 Å². The van der Waals surface area contributed by atoms with Crippen LogP contribution in [0.2, 0.25) is 0 Å². The Bertz CT molecular complexity index is 1040. The number of rotatable bonds is 9. The summed E-state index contributed by atoms with van der Waals surface area (Å²) in [5.74, 6) is -2.86. The van der Waals surface area contributed by atoms with Crippen molar-refractivity contribution >= 4 is 17.7 Å². The SMILES string of the molecule is CCOc1ccccc1[C@@H]1C(C(=O)OCCOC(C)C)=C(C)NC2=C1C(=O)[C@H](C(=O)OC)[C@H](C)C2. The number of benzene rings is 1. The fourth-order valence-electron chi connectivity index (χ4n) is 4.76. The summed E-state index contributed by atoms with van der Waals surface area (Å²) in [6.07, 6.45) is 0.484. The minimum absolute atomic E-state index is 0.0154. The number of methoxy groups -OCH3 is 1. The molecule has 190 valence electrons. The van der Waals surface area contributed by atoms with E-state index in [4.69, 9.17) is 18.9 Å². The minimum Gasteiger partial charge on any atom is -0.494 e. The fourth-order valence-corrected chi connectivity index (χ4v) is 4.76. The van der Waals surface area contributed by atoms with E-state index in [1.165, 1.54) is 7.11 Å². The molecule has 8 heteroatoms. The molecule has 2 aliphatic rings. The number of carbonyl (C=O) groups is 3. The Morgan fingerprint density at radius 3 is 2.54 bits per heavy atom. The lowest BCUT2D eigenvalue weighted by Crippen LogP contribution is -2.43. The van der Waals surface area contributed by atoms with Gasteiger partial charge in [0.15, 0.2) is 5.78 Å². The van der Waals surface area contributed by atoms with Crippen molar-refractivity contribution in [1.29, 1.82) is 0 Å². The van der Waals surface area contributed by atoms with Crippen molar-refractivity contribution in [2.75, 3.05) is 26.9 Å². The molecule has 3 rings (SSSR count). The van der Waals surface area contributed by atoms with E-state index in [1.807, 2.05) is 52.0 Å².